The van der Waals surface area contributed by atoms with Crippen LogP contribution in [-0.2, 0) is 4.79 Å². The quantitative estimate of drug-likeness (QED) is 0.822. The molecule has 19 heavy (non-hydrogen) atoms. The highest BCUT2D eigenvalue weighted by Gasteiger charge is 2.07. The molecule has 1 aromatic carbocycles. The van der Waals surface area contributed by atoms with Gasteiger partial charge in [-0.3, -0.25) is 4.79 Å². The van der Waals surface area contributed by atoms with Crippen LogP contribution < -0.4 is 14.8 Å². The van der Waals surface area contributed by atoms with E-state index in [2.05, 4.69) is 5.32 Å². The van der Waals surface area contributed by atoms with E-state index in [9.17, 15) is 4.79 Å². The molecule has 4 nitrogen and oxygen atoms in total. The Morgan fingerprint density at radius 3 is 2.79 bits per heavy atom. The summed E-state index contributed by atoms with van der Waals surface area (Å²) in [5.41, 5.74) is 1.03. The first kappa shape index (κ1) is 15.1. The third-order valence-electron chi connectivity index (χ3n) is 2.48. The summed E-state index contributed by atoms with van der Waals surface area (Å²) in [5.74, 6) is 1.07. The van der Waals surface area contributed by atoms with Gasteiger partial charge in [-0.2, -0.15) is 0 Å². The van der Waals surface area contributed by atoms with Crippen molar-refractivity contribution in [3.63, 3.8) is 0 Å². The van der Waals surface area contributed by atoms with Gasteiger partial charge >= 0.3 is 0 Å². The summed E-state index contributed by atoms with van der Waals surface area (Å²) in [5, 5.41) is 2.76. The van der Waals surface area contributed by atoms with Gasteiger partial charge in [0.25, 0.3) is 5.91 Å². The van der Waals surface area contributed by atoms with Crippen LogP contribution in [0.25, 0.3) is 6.08 Å². The molecule has 0 saturated carbocycles. The van der Waals surface area contributed by atoms with Crippen molar-refractivity contribution >= 4 is 12.0 Å². The van der Waals surface area contributed by atoms with Crippen LogP contribution in [0.5, 0.6) is 11.5 Å². The molecule has 0 aliphatic carbocycles. The molecule has 1 N–H and O–H groups in total. The molecule has 0 heterocycles. The minimum Gasteiger partial charge on any atom is -0.493 e. The average molecular weight is 263 g/mol. The van der Waals surface area contributed by atoms with Gasteiger partial charge in [-0.1, -0.05) is 25.1 Å². The molecule has 1 rings (SSSR count). The molecular weight excluding hydrogens is 242 g/mol. The van der Waals surface area contributed by atoms with Gasteiger partial charge in [0.15, 0.2) is 18.1 Å². The molecule has 0 aliphatic heterocycles. The minimum absolute atomic E-state index is 0.000671. The van der Waals surface area contributed by atoms with E-state index < -0.39 is 0 Å². The first-order valence-corrected chi connectivity index (χ1v) is 6.41. The first-order chi connectivity index (χ1) is 9.21. The van der Waals surface area contributed by atoms with E-state index in [1.165, 1.54) is 0 Å². The normalized spacial score (nSPS) is 10.5. The molecule has 0 aromatic heterocycles. The van der Waals surface area contributed by atoms with E-state index in [1.54, 1.807) is 13.2 Å². The smallest absolute Gasteiger partial charge is 0.257 e. The number of benzene rings is 1. The lowest BCUT2D eigenvalue weighted by atomic mass is 10.2. The number of nitrogens with one attached hydrogen (secondary N) is 1. The third kappa shape index (κ3) is 5.04. The second-order valence-corrected chi connectivity index (χ2v) is 4.05. The molecule has 0 bridgehead atoms. The van der Waals surface area contributed by atoms with E-state index in [0.717, 1.165) is 12.0 Å². The maximum absolute atomic E-state index is 11.5. The van der Waals surface area contributed by atoms with E-state index in [4.69, 9.17) is 9.47 Å². The van der Waals surface area contributed by atoms with Crippen molar-refractivity contribution in [2.45, 2.75) is 20.3 Å². The van der Waals surface area contributed by atoms with Gasteiger partial charge < -0.3 is 14.8 Å². The molecule has 0 fully saturated rings. The molecule has 0 unspecified atom stereocenters. The average Bonchev–Trinajstić information content (AvgIpc) is 2.43. The highest BCUT2D eigenvalue weighted by atomic mass is 16.5. The largest absolute Gasteiger partial charge is 0.493 e. The fraction of sp³-hybridized carbons (Fsp3) is 0.400. The third-order valence-corrected chi connectivity index (χ3v) is 2.48. The summed E-state index contributed by atoms with van der Waals surface area (Å²) < 4.78 is 10.7. The summed E-state index contributed by atoms with van der Waals surface area (Å²) in [6, 6.07) is 5.60. The lowest BCUT2D eigenvalue weighted by molar-refractivity contribution is -0.123. The number of allylic oxidation sites excluding steroid dienone is 1. The van der Waals surface area contributed by atoms with Gasteiger partial charge in [-0.15, -0.1) is 0 Å². The van der Waals surface area contributed by atoms with Crippen molar-refractivity contribution in [2.75, 3.05) is 20.3 Å². The standard InChI is InChI=1S/C15H21NO3/c1-4-6-12-7-8-13(14(10-12)18-3)19-11-15(17)16-9-5-2/h4,6-8,10H,5,9,11H2,1-3H3,(H,16,17)/b6-4+. The molecule has 0 spiro atoms. The molecule has 1 amide bonds. The van der Waals surface area contributed by atoms with Gasteiger partial charge in [0.05, 0.1) is 7.11 Å². The Hall–Kier alpha value is -1.97. The highest BCUT2D eigenvalue weighted by molar-refractivity contribution is 5.77. The Bertz CT molecular complexity index is 441. The molecule has 0 aliphatic rings. The molecule has 104 valence electrons. The zero-order chi connectivity index (χ0) is 14.1. The maximum atomic E-state index is 11.5. The lowest BCUT2D eigenvalue weighted by Gasteiger charge is -2.11. The minimum atomic E-state index is -0.124. The van der Waals surface area contributed by atoms with Gasteiger partial charge in [-0.05, 0) is 31.0 Å². The van der Waals surface area contributed by atoms with E-state index in [0.29, 0.717) is 18.0 Å². The zero-order valence-corrected chi connectivity index (χ0v) is 11.7. The second-order valence-electron chi connectivity index (χ2n) is 4.05. The Labute approximate surface area is 114 Å². The topological polar surface area (TPSA) is 47.6 Å². The lowest BCUT2D eigenvalue weighted by Crippen LogP contribution is -2.29. The Morgan fingerprint density at radius 1 is 1.37 bits per heavy atom. The summed E-state index contributed by atoms with van der Waals surface area (Å²) in [6.07, 6.45) is 4.83. The van der Waals surface area contributed by atoms with E-state index >= 15 is 0 Å². The predicted octanol–water partition coefficient (Wildman–Crippen LogP) is 2.63. The van der Waals surface area contributed by atoms with Gasteiger partial charge in [0, 0.05) is 6.54 Å². The number of hydrogen-bond acceptors (Lipinski definition) is 3. The number of amides is 1. The summed E-state index contributed by atoms with van der Waals surface area (Å²) in [4.78, 5) is 11.5. The first-order valence-electron chi connectivity index (χ1n) is 6.41. The van der Waals surface area contributed by atoms with Gasteiger partial charge in [-0.25, -0.2) is 0 Å². The fourth-order valence-corrected chi connectivity index (χ4v) is 1.56. The Balaban J connectivity index is 2.65. The molecule has 0 saturated heterocycles. The molecule has 4 heteroatoms. The number of rotatable bonds is 7. The van der Waals surface area contributed by atoms with Gasteiger partial charge in [0.1, 0.15) is 0 Å². The monoisotopic (exact) mass is 263 g/mol. The van der Waals surface area contributed by atoms with E-state index in [-0.39, 0.29) is 12.5 Å². The van der Waals surface area contributed by atoms with Crippen LogP contribution in [0.4, 0.5) is 0 Å². The molecule has 1 aromatic rings. The summed E-state index contributed by atoms with van der Waals surface area (Å²) >= 11 is 0. The number of ether oxygens (including phenoxy) is 2. The van der Waals surface area contributed by atoms with Gasteiger partial charge in [0.2, 0.25) is 0 Å². The predicted molar refractivity (Wildman–Crippen MR) is 76.5 cm³/mol. The van der Waals surface area contributed by atoms with Crippen LogP contribution in [0, 0.1) is 0 Å². The van der Waals surface area contributed by atoms with Crippen LogP contribution in [0.3, 0.4) is 0 Å². The summed E-state index contributed by atoms with van der Waals surface area (Å²) in [7, 11) is 1.58. The fourth-order valence-electron chi connectivity index (χ4n) is 1.56. The van der Waals surface area contributed by atoms with E-state index in [1.807, 2.05) is 38.1 Å². The molecule has 0 atom stereocenters. The number of carbonyl (C=O) groups excluding carboxylic acids is 1. The Kier molecular flexibility index (Phi) is 6.50. The van der Waals surface area contributed by atoms with Crippen molar-refractivity contribution in [3.8, 4) is 11.5 Å². The highest BCUT2D eigenvalue weighted by Crippen LogP contribution is 2.28. The maximum Gasteiger partial charge on any atom is 0.257 e. The Morgan fingerprint density at radius 2 is 2.16 bits per heavy atom. The number of carbonyl (C=O) groups is 1. The zero-order valence-electron chi connectivity index (χ0n) is 11.7. The van der Waals surface area contributed by atoms with Crippen molar-refractivity contribution < 1.29 is 14.3 Å². The summed E-state index contributed by atoms with van der Waals surface area (Å²) in [6.45, 7) is 4.62. The van der Waals surface area contributed by atoms with Crippen molar-refractivity contribution in [3.05, 3.63) is 29.8 Å². The van der Waals surface area contributed by atoms with Crippen LogP contribution in [0.2, 0.25) is 0 Å². The number of methoxy groups -OCH3 is 1. The molecule has 0 radical (unpaired) electrons. The van der Waals surface area contributed by atoms with Crippen LogP contribution in [0.1, 0.15) is 25.8 Å². The van der Waals surface area contributed by atoms with Crippen LogP contribution in [-0.4, -0.2) is 26.2 Å². The van der Waals surface area contributed by atoms with Crippen LogP contribution >= 0.6 is 0 Å². The van der Waals surface area contributed by atoms with Crippen molar-refractivity contribution in [1.82, 2.24) is 5.32 Å². The van der Waals surface area contributed by atoms with Crippen molar-refractivity contribution in [1.29, 1.82) is 0 Å². The van der Waals surface area contributed by atoms with Crippen molar-refractivity contribution in [2.24, 2.45) is 0 Å². The SMILES string of the molecule is C/C=C/c1ccc(OCC(=O)NCCC)c(OC)c1. The number of hydrogen-bond donors (Lipinski definition) is 1. The second kappa shape index (κ2) is 8.19. The van der Waals surface area contributed by atoms with Crippen LogP contribution in [0.15, 0.2) is 24.3 Å². The molecular formula is C15H21NO3.